The van der Waals surface area contributed by atoms with Gasteiger partial charge in [0.15, 0.2) is 5.54 Å². The zero-order chi connectivity index (χ0) is 19.3. The lowest BCUT2D eigenvalue weighted by Crippen LogP contribution is -2.50. The second-order valence-electron chi connectivity index (χ2n) is 7.59. The molecule has 1 atom stereocenters. The number of allylic oxidation sites excluding steroid dienone is 1. The Labute approximate surface area is 162 Å². The first kappa shape index (κ1) is 18.0. The van der Waals surface area contributed by atoms with Crippen molar-refractivity contribution in [2.24, 2.45) is 5.92 Å². The third kappa shape index (κ3) is 2.73. The van der Waals surface area contributed by atoms with Gasteiger partial charge in [0.1, 0.15) is 5.15 Å². The number of aromatic nitrogens is 3. The van der Waals surface area contributed by atoms with Crippen molar-refractivity contribution < 1.29 is 9.90 Å². The average Bonchev–Trinajstić information content (AvgIpc) is 3.07. The van der Waals surface area contributed by atoms with Gasteiger partial charge in [0.05, 0.1) is 12.2 Å². The average molecular weight is 388 g/mol. The van der Waals surface area contributed by atoms with Crippen LogP contribution in [0.25, 0.3) is 5.57 Å². The normalized spacial score (nSPS) is 22.8. The molecule has 2 aromatic heterocycles. The molecule has 8 heteroatoms. The summed E-state index contributed by atoms with van der Waals surface area (Å²) in [5, 5.41) is 18.2. The number of aliphatic carboxylic acids is 1. The third-order valence-corrected chi connectivity index (χ3v) is 5.63. The van der Waals surface area contributed by atoms with Crippen molar-refractivity contribution in [2.75, 3.05) is 20.1 Å². The first-order valence-corrected chi connectivity index (χ1v) is 9.31. The molecule has 142 valence electrons. The van der Waals surface area contributed by atoms with E-state index in [-0.39, 0.29) is 12.0 Å². The molecule has 2 aliphatic heterocycles. The predicted octanol–water partition coefficient (Wildman–Crippen LogP) is 2.35. The smallest absolute Gasteiger partial charge is 0.339 e. The lowest BCUT2D eigenvalue weighted by Gasteiger charge is -2.37. The molecule has 0 saturated carbocycles. The molecule has 2 N–H and O–H groups in total. The monoisotopic (exact) mass is 387 g/mol. The SMILES string of the molecule is CC(C)C1=CNC(C(=O)O)(c2cnn(C3CN(C)C3)c2)c2cnc(Cl)cc21. The van der Waals surface area contributed by atoms with Crippen molar-refractivity contribution in [1.29, 1.82) is 0 Å². The Bertz CT molecular complexity index is 932. The number of pyridine rings is 1. The topological polar surface area (TPSA) is 83.3 Å². The molecule has 0 radical (unpaired) electrons. The van der Waals surface area contributed by atoms with Crippen molar-refractivity contribution in [3.8, 4) is 0 Å². The van der Waals surface area contributed by atoms with Crippen LogP contribution in [0.3, 0.4) is 0 Å². The number of carbonyl (C=O) groups is 1. The van der Waals surface area contributed by atoms with E-state index in [2.05, 4.69) is 34.1 Å². The van der Waals surface area contributed by atoms with Gasteiger partial charge in [-0.2, -0.15) is 5.10 Å². The number of nitrogens with one attached hydrogen (secondary N) is 1. The standard InChI is InChI=1S/C19H22ClN5O2/c1-11(2)15-6-22-19(18(26)27,16-7-21-17(20)4-14(15)16)12-5-23-25(8-12)13-9-24(3)10-13/h4-8,11,13,22H,9-10H2,1-3H3,(H,26,27). The maximum absolute atomic E-state index is 12.5. The molecular formula is C19H22ClN5O2. The molecule has 1 fully saturated rings. The molecule has 0 amide bonds. The zero-order valence-electron chi connectivity index (χ0n) is 15.5. The highest BCUT2D eigenvalue weighted by molar-refractivity contribution is 6.29. The number of carboxylic acid groups (broad SMARTS) is 1. The van der Waals surface area contributed by atoms with E-state index in [1.807, 2.05) is 17.9 Å². The van der Waals surface area contributed by atoms with Crippen molar-refractivity contribution >= 4 is 23.1 Å². The molecule has 1 unspecified atom stereocenters. The highest BCUT2D eigenvalue weighted by Gasteiger charge is 2.47. The number of nitrogens with zero attached hydrogens (tertiary/aromatic N) is 4. The number of carboxylic acids is 1. The van der Waals surface area contributed by atoms with Crippen LogP contribution in [0.5, 0.6) is 0 Å². The van der Waals surface area contributed by atoms with Crippen molar-refractivity contribution in [3.63, 3.8) is 0 Å². The van der Waals surface area contributed by atoms with Gasteiger partial charge in [0, 0.05) is 42.8 Å². The van der Waals surface area contributed by atoms with E-state index in [1.165, 1.54) is 0 Å². The fraction of sp³-hybridized carbons (Fsp3) is 0.421. The fourth-order valence-electron chi connectivity index (χ4n) is 3.89. The van der Waals surface area contributed by atoms with Crippen molar-refractivity contribution in [3.05, 3.63) is 52.7 Å². The van der Waals surface area contributed by atoms with E-state index in [0.717, 1.165) is 24.2 Å². The van der Waals surface area contributed by atoms with E-state index < -0.39 is 11.5 Å². The third-order valence-electron chi connectivity index (χ3n) is 5.43. The largest absolute Gasteiger partial charge is 0.479 e. The Balaban J connectivity index is 1.85. The Morgan fingerprint density at radius 2 is 2.15 bits per heavy atom. The number of likely N-dealkylation sites (N-methyl/N-ethyl adjacent to an activating group) is 1. The molecule has 27 heavy (non-hydrogen) atoms. The van der Waals surface area contributed by atoms with Crippen LogP contribution in [0.2, 0.25) is 5.15 Å². The van der Waals surface area contributed by atoms with Gasteiger partial charge in [-0.3, -0.25) is 4.68 Å². The summed E-state index contributed by atoms with van der Waals surface area (Å²) in [6.07, 6.45) is 6.80. The van der Waals surface area contributed by atoms with Gasteiger partial charge in [-0.15, -0.1) is 0 Å². The summed E-state index contributed by atoms with van der Waals surface area (Å²) in [5.74, 6) is -0.799. The number of fused-ring (bicyclic) bond motifs is 1. The molecule has 0 spiro atoms. The van der Waals surface area contributed by atoms with Crippen LogP contribution in [0.4, 0.5) is 0 Å². The Kier molecular flexibility index (Phi) is 4.24. The van der Waals surface area contributed by atoms with Gasteiger partial charge in [-0.1, -0.05) is 25.4 Å². The minimum Gasteiger partial charge on any atom is -0.479 e. The Hall–Kier alpha value is -2.38. The number of hydrogen-bond donors (Lipinski definition) is 2. The summed E-state index contributed by atoms with van der Waals surface area (Å²) in [6, 6.07) is 2.01. The van der Waals surface area contributed by atoms with Gasteiger partial charge in [-0.25, -0.2) is 9.78 Å². The first-order chi connectivity index (χ1) is 12.8. The number of likely N-dealkylation sites (tertiary alicyclic amines) is 1. The van der Waals surface area contributed by atoms with E-state index in [1.54, 1.807) is 24.7 Å². The van der Waals surface area contributed by atoms with Crippen LogP contribution in [-0.4, -0.2) is 50.9 Å². The first-order valence-electron chi connectivity index (χ1n) is 8.93. The van der Waals surface area contributed by atoms with Crippen LogP contribution in [-0.2, 0) is 10.3 Å². The lowest BCUT2D eigenvalue weighted by molar-refractivity contribution is -0.143. The van der Waals surface area contributed by atoms with E-state index >= 15 is 0 Å². The van der Waals surface area contributed by atoms with Gasteiger partial charge in [0.25, 0.3) is 0 Å². The van der Waals surface area contributed by atoms with Crippen LogP contribution >= 0.6 is 11.6 Å². The molecule has 0 aromatic carbocycles. The molecule has 4 rings (SSSR count). The molecule has 0 bridgehead atoms. The zero-order valence-corrected chi connectivity index (χ0v) is 16.2. The fourth-order valence-corrected chi connectivity index (χ4v) is 4.05. The van der Waals surface area contributed by atoms with Crippen LogP contribution < -0.4 is 5.32 Å². The Morgan fingerprint density at radius 1 is 1.41 bits per heavy atom. The molecular weight excluding hydrogens is 366 g/mol. The lowest BCUT2D eigenvalue weighted by atomic mass is 9.77. The summed E-state index contributed by atoms with van der Waals surface area (Å²) < 4.78 is 1.85. The summed E-state index contributed by atoms with van der Waals surface area (Å²) in [6.45, 7) is 5.93. The van der Waals surface area contributed by atoms with Crippen LogP contribution in [0, 0.1) is 5.92 Å². The number of hydrogen-bond acceptors (Lipinski definition) is 5. The minimum atomic E-state index is -1.45. The highest BCUT2D eigenvalue weighted by atomic mass is 35.5. The second kappa shape index (κ2) is 6.35. The maximum Gasteiger partial charge on any atom is 0.339 e. The molecule has 4 heterocycles. The second-order valence-corrected chi connectivity index (χ2v) is 7.98. The maximum atomic E-state index is 12.5. The van der Waals surface area contributed by atoms with E-state index in [0.29, 0.717) is 16.3 Å². The molecule has 0 aliphatic carbocycles. The Morgan fingerprint density at radius 3 is 2.78 bits per heavy atom. The summed E-state index contributed by atoms with van der Waals surface area (Å²) in [5.41, 5.74) is 1.52. The highest BCUT2D eigenvalue weighted by Crippen LogP contribution is 2.41. The van der Waals surface area contributed by atoms with E-state index in [4.69, 9.17) is 11.6 Å². The van der Waals surface area contributed by atoms with Crippen molar-refractivity contribution in [2.45, 2.75) is 25.4 Å². The molecule has 2 aliphatic rings. The summed E-state index contributed by atoms with van der Waals surface area (Å²) in [4.78, 5) is 18.9. The molecule has 7 nitrogen and oxygen atoms in total. The number of rotatable bonds is 4. The summed E-state index contributed by atoms with van der Waals surface area (Å²) in [7, 11) is 2.05. The predicted molar refractivity (Wildman–Crippen MR) is 102 cm³/mol. The van der Waals surface area contributed by atoms with Crippen LogP contribution in [0.15, 0.2) is 30.9 Å². The number of halogens is 1. The quantitative estimate of drug-likeness (QED) is 0.783. The van der Waals surface area contributed by atoms with Crippen molar-refractivity contribution in [1.82, 2.24) is 25.0 Å². The van der Waals surface area contributed by atoms with Crippen LogP contribution in [0.1, 0.15) is 36.6 Å². The van der Waals surface area contributed by atoms with Gasteiger partial charge in [-0.05, 0) is 30.2 Å². The van der Waals surface area contributed by atoms with E-state index in [9.17, 15) is 9.90 Å². The van der Waals surface area contributed by atoms with Gasteiger partial charge in [0.2, 0.25) is 0 Å². The molecule has 1 saturated heterocycles. The summed E-state index contributed by atoms with van der Waals surface area (Å²) >= 11 is 6.12. The van der Waals surface area contributed by atoms with Gasteiger partial charge < -0.3 is 15.3 Å². The molecule has 2 aromatic rings. The van der Waals surface area contributed by atoms with Gasteiger partial charge >= 0.3 is 5.97 Å². The minimum absolute atomic E-state index is 0.203.